The van der Waals surface area contributed by atoms with E-state index in [1.165, 1.54) is 0 Å². The van der Waals surface area contributed by atoms with Gasteiger partial charge in [-0.1, -0.05) is 27.5 Å². The predicted molar refractivity (Wildman–Crippen MR) is 79.3 cm³/mol. The number of nitrogens with two attached hydrogens (primary N) is 1. The van der Waals surface area contributed by atoms with Crippen molar-refractivity contribution >= 4 is 27.5 Å². The van der Waals surface area contributed by atoms with Crippen molar-refractivity contribution in [1.82, 2.24) is 9.55 Å². The Labute approximate surface area is 125 Å². The lowest BCUT2D eigenvalue weighted by Crippen LogP contribution is -2.09. The fourth-order valence-electron chi connectivity index (χ4n) is 1.71. The molecular weight excluding hydrogens is 330 g/mol. The van der Waals surface area contributed by atoms with Crippen molar-refractivity contribution in [3.63, 3.8) is 0 Å². The van der Waals surface area contributed by atoms with E-state index in [9.17, 15) is 0 Å². The number of hydrogen-bond donors (Lipinski definition) is 1. The molecule has 2 N–H and O–H groups in total. The number of rotatable bonds is 4. The van der Waals surface area contributed by atoms with E-state index in [1.807, 2.05) is 32.2 Å². The molecule has 102 valence electrons. The van der Waals surface area contributed by atoms with Crippen LogP contribution in [0.1, 0.15) is 24.4 Å². The average molecular weight is 345 g/mol. The van der Waals surface area contributed by atoms with E-state index in [2.05, 4.69) is 20.9 Å². The summed E-state index contributed by atoms with van der Waals surface area (Å²) >= 11 is 9.36. The Morgan fingerprint density at radius 1 is 1.53 bits per heavy atom. The first-order valence-electron chi connectivity index (χ1n) is 5.83. The van der Waals surface area contributed by atoms with Crippen LogP contribution in [0, 0.1) is 0 Å². The third-order valence-corrected chi connectivity index (χ3v) is 3.69. The van der Waals surface area contributed by atoms with E-state index < -0.39 is 0 Å². The van der Waals surface area contributed by atoms with Gasteiger partial charge in [0.05, 0.1) is 6.20 Å². The van der Waals surface area contributed by atoms with Crippen LogP contribution >= 0.6 is 27.5 Å². The molecule has 1 aromatic heterocycles. The van der Waals surface area contributed by atoms with Gasteiger partial charge in [0.25, 0.3) is 0 Å². The molecule has 0 amide bonds. The molecule has 6 heteroatoms. The highest BCUT2D eigenvalue weighted by atomic mass is 79.9. The number of nitrogens with zero attached hydrogens (tertiary/aromatic N) is 2. The first-order chi connectivity index (χ1) is 8.99. The van der Waals surface area contributed by atoms with E-state index in [0.29, 0.717) is 11.8 Å². The molecule has 0 spiro atoms. The minimum absolute atomic E-state index is 0.0996. The molecule has 2 rings (SSSR count). The van der Waals surface area contributed by atoms with Crippen LogP contribution in [-0.2, 0) is 13.7 Å². The Kier molecular flexibility index (Phi) is 4.50. The zero-order chi connectivity index (χ0) is 14.0. The first-order valence-corrected chi connectivity index (χ1v) is 7.00. The van der Waals surface area contributed by atoms with Gasteiger partial charge in [-0.25, -0.2) is 4.98 Å². The molecule has 0 saturated carbocycles. The maximum atomic E-state index is 5.94. The van der Waals surface area contributed by atoms with Gasteiger partial charge in [0.2, 0.25) is 0 Å². The fourth-order valence-corrected chi connectivity index (χ4v) is 2.23. The lowest BCUT2D eigenvalue weighted by Gasteiger charge is -2.14. The Morgan fingerprint density at radius 2 is 2.26 bits per heavy atom. The quantitative estimate of drug-likeness (QED) is 0.924. The van der Waals surface area contributed by atoms with E-state index in [-0.39, 0.29) is 6.04 Å². The molecule has 0 aliphatic rings. The van der Waals surface area contributed by atoms with Gasteiger partial charge in [0.1, 0.15) is 23.3 Å². The summed E-state index contributed by atoms with van der Waals surface area (Å²) in [6, 6.07) is 5.68. The Hall–Kier alpha value is -1.04. The number of ether oxygens (including phenoxy) is 1. The van der Waals surface area contributed by atoms with Gasteiger partial charge >= 0.3 is 0 Å². The number of benzene rings is 1. The third kappa shape index (κ3) is 3.29. The molecule has 1 atom stereocenters. The lowest BCUT2D eigenvalue weighted by atomic mass is 10.1. The highest BCUT2D eigenvalue weighted by molar-refractivity contribution is 9.10. The maximum Gasteiger partial charge on any atom is 0.147 e. The van der Waals surface area contributed by atoms with Crippen LogP contribution in [0.15, 0.2) is 28.9 Å². The number of halogens is 2. The Balaban J connectivity index is 2.17. The minimum Gasteiger partial charge on any atom is -0.485 e. The lowest BCUT2D eigenvalue weighted by molar-refractivity contribution is 0.287. The molecule has 19 heavy (non-hydrogen) atoms. The zero-order valence-corrected chi connectivity index (χ0v) is 13.1. The van der Waals surface area contributed by atoms with Crippen molar-refractivity contribution in [2.24, 2.45) is 12.8 Å². The molecule has 0 aliphatic carbocycles. The molecule has 4 nitrogen and oxygen atoms in total. The molecule has 1 aromatic carbocycles. The molecule has 0 unspecified atom stereocenters. The standard InChI is InChI=1S/C13H15BrClN3O/c1-8(16)10-5-9(14)3-4-11(10)19-7-13-17-6-12(15)18(13)2/h3-6,8H,7,16H2,1-2H3/t8-/m0/s1. The van der Waals surface area contributed by atoms with Crippen molar-refractivity contribution in [2.75, 3.05) is 0 Å². The summed E-state index contributed by atoms with van der Waals surface area (Å²) in [5.41, 5.74) is 6.90. The summed E-state index contributed by atoms with van der Waals surface area (Å²) in [4.78, 5) is 4.19. The summed E-state index contributed by atoms with van der Waals surface area (Å²) in [7, 11) is 1.85. The molecule has 0 aliphatic heterocycles. The van der Waals surface area contributed by atoms with Crippen LogP contribution < -0.4 is 10.5 Å². The van der Waals surface area contributed by atoms with E-state index in [0.717, 1.165) is 21.6 Å². The van der Waals surface area contributed by atoms with Gasteiger partial charge in [-0.3, -0.25) is 0 Å². The summed E-state index contributed by atoms with van der Waals surface area (Å²) < 4.78 is 8.55. The second-order valence-electron chi connectivity index (χ2n) is 4.32. The molecule has 0 saturated heterocycles. The van der Waals surface area contributed by atoms with Crippen LogP contribution in [-0.4, -0.2) is 9.55 Å². The van der Waals surface area contributed by atoms with Crippen molar-refractivity contribution in [3.05, 3.63) is 45.4 Å². The van der Waals surface area contributed by atoms with Gasteiger partial charge in [-0.05, 0) is 25.1 Å². The smallest absolute Gasteiger partial charge is 0.147 e. The van der Waals surface area contributed by atoms with E-state index in [4.69, 9.17) is 22.1 Å². The van der Waals surface area contributed by atoms with Gasteiger partial charge in [-0.2, -0.15) is 0 Å². The molecule has 0 bridgehead atoms. The molecule has 0 fully saturated rings. The molecular formula is C13H15BrClN3O. The summed E-state index contributed by atoms with van der Waals surface area (Å²) in [5.74, 6) is 1.53. The second kappa shape index (κ2) is 5.94. The Bertz CT molecular complexity index is 583. The SMILES string of the molecule is C[C@H](N)c1cc(Br)ccc1OCc1ncc(Cl)n1C. The summed E-state index contributed by atoms with van der Waals surface area (Å²) in [6.45, 7) is 2.27. The van der Waals surface area contributed by atoms with Crippen molar-refractivity contribution < 1.29 is 4.74 Å². The molecule has 1 heterocycles. The normalized spacial score (nSPS) is 12.5. The topological polar surface area (TPSA) is 53.1 Å². The number of aromatic nitrogens is 2. The van der Waals surface area contributed by atoms with Gasteiger partial charge < -0.3 is 15.0 Å². The summed E-state index contributed by atoms with van der Waals surface area (Å²) in [6.07, 6.45) is 1.61. The highest BCUT2D eigenvalue weighted by Crippen LogP contribution is 2.28. The van der Waals surface area contributed by atoms with Gasteiger partial charge in [0.15, 0.2) is 0 Å². The molecule has 2 aromatic rings. The highest BCUT2D eigenvalue weighted by Gasteiger charge is 2.11. The maximum absolute atomic E-state index is 5.94. The first kappa shape index (κ1) is 14.4. The zero-order valence-electron chi connectivity index (χ0n) is 10.7. The number of hydrogen-bond acceptors (Lipinski definition) is 3. The van der Waals surface area contributed by atoms with Gasteiger partial charge in [-0.15, -0.1) is 0 Å². The second-order valence-corrected chi connectivity index (χ2v) is 5.62. The number of imidazole rings is 1. The van der Waals surface area contributed by atoms with Crippen molar-refractivity contribution in [3.8, 4) is 5.75 Å². The van der Waals surface area contributed by atoms with Crippen LogP contribution in [0.5, 0.6) is 5.75 Å². The van der Waals surface area contributed by atoms with E-state index >= 15 is 0 Å². The average Bonchev–Trinajstić information content (AvgIpc) is 2.68. The summed E-state index contributed by atoms with van der Waals surface area (Å²) in [5, 5.41) is 0.585. The van der Waals surface area contributed by atoms with Crippen LogP contribution in [0.4, 0.5) is 0 Å². The van der Waals surface area contributed by atoms with E-state index in [1.54, 1.807) is 10.8 Å². The van der Waals surface area contributed by atoms with Crippen LogP contribution in [0.3, 0.4) is 0 Å². The van der Waals surface area contributed by atoms with Crippen LogP contribution in [0.25, 0.3) is 0 Å². The largest absolute Gasteiger partial charge is 0.485 e. The van der Waals surface area contributed by atoms with Crippen molar-refractivity contribution in [2.45, 2.75) is 19.6 Å². The predicted octanol–water partition coefficient (Wildman–Crippen LogP) is 3.43. The van der Waals surface area contributed by atoms with Crippen LogP contribution in [0.2, 0.25) is 5.15 Å². The van der Waals surface area contributed by atoms with Gasteiger partial charge in [0, 0.05) is 23.1 Å². The third-order valence-electron chi connectivity index (χ3n) is 2.85. The minimum atomic E-state index is -0.0996. The molecule has 0 radical (unpaired) electrons. The monoisotopic (exact) mass is 343 g/mol. The van der Waals surface area contributed by atoms with Crippen molar-refractivity contribution in [1.29, 1.82) is 0 Å². The Morgan fingerprint density at radius 3 is 2.84 bits per heavy atom. The fraction of sp³-hybridized carbons (Fsp3) is 0.308.